The largest absolute Gasteiger partial charge is 0.331 e. The van der Waals surface area contributed by atoms with Crippen molar-refractivity contribution in [2.75, 3.05) is 4.72 Å². The third-order valence-electron chi connectivity index (χ3n) is 3.99. The quantitative estimate of drug-likeness (QED) is 0.802. The molecule has 1 N–H and O–H groups in total. The highest BCUT2D eigenvalue weighted by Crippen LogP contribution is 2.23. The van der Waals surface area contributed by atoms with Gasteiger partial charge in [-0.15, -0.1) is 0 Å². The van der Waals surface area contributed by atoms with Crippen LogP contribution in [0.4, 0.5) is 5.69 Å². The van der Waals surface area contributed by atoms with Crippen LogP contribution in [-0.2, 0) is 17.1 Å². The number of aromatic nitrogens is 2. The Morgan fingerprint density at radius 2 is 1.78 bits per heavy atom. The number of anilines is 1. The lowest BCUT2D eigenvalue weighted by molar-refractivity contribution is 0.600. The zero-order valence-electron chi connectivity index (χ0n) is 13.6. The van der Waals surface area contributed by atoms with Gasteiger partial charge in [0.1, 0.15) is 5.82 Å². The minimum atomic E-state index is -3.62. The van der Waals surface area contributed by atoms with Crippen molar-refractivity contribution in [1.29, 1.82) is 0 Å². The molecule has 0 spiro atoms. The summed E-state index contributed by atoms with van der Waals surface area (Å²) in [6.07, 6.45) is 0. The number of hydrogen-bond donors (Lipinski definition) is 1. The van der Waals surface area contributed by atoms with Crippen molar-refractivity contribution < 1.29 is 8.42 Å². The summed E-state index contributed by atoms with van der Waals surface area (Å²) in [5.41, 5.74) is 3.88. The summed E-state index contributed by atoms with van der Waals surface area (Å²) >= 11 is 0. The molecule has 1 aromatic heterocycles. The Bertz CT molecular complexity index is 1000. The summed E-state index contributed by atoms with van der Waals surface area (Å²) in [4.78, 5) is 4.74. The molecule has 0 bridgehead atoms. The summed E-state index contributed by atoms with van der Waals surface area (Å²) < 4.78 is 29.9. The molecule has 23 heavy (non-hydrogen) atoms. The van der Waals surface area contributed by atoms with Crippen molar-refractivity contribution in [2.45, 2.75) is 25.7 Å². The summed E-state index contributed by atoms with van der Waals surface area (Å²) in [6.45, 7) is 5.58. The third kappa shape index (κ3) is 2.82. The molecule has 1 heterocycles. The van der Waals surface area contributed by atoms with Crippen LogP contribution in [0.1, 0.15) is 17.0 Å². The van der Waals surface area contributed by atoms with E-state index in [1.165, 1.54) is 0 Å². The second kappa shape index (κ2) is 5.38. The van der Waals surface area contributed by atoms with E-state index < -0.39 is 10.0 Å². The van der Waals surface area contributed by atoms with E-state index >= 15 is 0 Å². The van der Waals surface area contributed by atoms with Crippen LogP contribution in [0.2, 0.25) is 0 Å². The summed E-state index contributed by atoms with van der Waals surface area (Å²) in [6, 6.07) is 10.8. The smallest absolute Gasteiger partial charge is 0.262 e. The zero-order valence-corrected chi connectivity index (χ0v) is 14.4. The van der Waals surface area contributed by atoms with Gasteiger partial charge in [0.05, 0.1) is 21.6 Å². The number of nitrogens with zero attached hydrogens (tertiary/aromatic N) is 2. The molecule has 0 aliphatic rings. The molecule has 6 heteroatoms. The van der Waals surface area contributed by atoms with E-state index in [4.69, 9.17) is 0 Å². The van der Waals surface area contributed by atoms with Gasteiger partial charge in [-0.25, -0.2) is 13.4 Å². The Kier molecular flexibility index (Phi) is 3.64. The predicted molar refractivity (Wildman–Crippen MR) is 92.2 cm³/mol. The molecular formula is C17H19N3O2S. The monoisotopic (exact) mass is 329 g/mol. The van der Waals surface area contributed by atoms with Crippen LogP contribution in [0.3, 0.4) is 0 Å². The van der Waals surface area contributed by atoms with Crippen LogP contribution < -0.4 is 4.72 Å². The predicted octanol–water partition coefficient (Wildman–Crippen LogP) is 3.30. The molecule has 0 aliphatic heterocycles. The van der Waals surface area contributed by atoms with Crippen molar-refractivity contribution in [2.24, 2.45) is 7.05 Å². The van der Waals surface area contributed by atoms with Crippen molar-refractivity contribution in [1.82, 2.24) is 9.55 Å². The second-order valence-corrected chi connectivity index (χ2v) is 7.45. The number of rotatable bonds is 3. The van der Waals surface area contributed by atoms with Crippen LogP contribution in [0, 0.1) is 20.8 Å². The molecule has 0 aliphatic carbocycles. The molecule has 0 radical (unpaired) electrons. The highest BCUT2D eigenvalue weighted by Gasteiger charge is 2.17. The van der Waals surface area contributed by atoms with Gasteiger partial charge in [-0.2, -0.15) is 0 Å². The fraction of sp³-hybridized carbons (Fsp3) is 0.235. The van der Waals surface area contributed by atoms with Gasteiger partial charge in [0.15, 0.2) is 0 Å². The van der Waals surface area contributed by atoms with Gasteiger partial charge in [0, 0.05) is 7.05 Å². The molecule has 0 atom stereocenters. The molecule has 120 valence electrons. The number of aryl methyl sites for hydroxylation is 4. The first kappa shape index (κ1) is 15.6. The number of sulfonamides is 1. The average molecular weight is 329 g/mol. The Hall–Kier alpha value is -2.34. The first-order chi connectivity index (χ1) is 10.8. The van der Waals surface area contributed by atoms with Gasteiger partial charge in [-0.1, -0.05) is 12.1 Å². The normalized spacial score (nSPS) is 11.8. The molecule has 0 amide bonds. The maximum atomic E-state index is 12.6. The third-order valence-corrected chi connectivity index (χ3v) is 5.51. The summed E-state index contributed by atoms with van der Waals surface area (Å²) in [5.74, 6) is 0.884. The van der Waals surface area contributed by atoms with Gasteiger partial charge in [0.25, 0.3) is 10.0 Å². The molecule has 0 saturated heterocycles. The molecule has 0 fully saturated rings. The van der Waals surface area contributed by atoms with Gasteiger partial charge in [-0.05, 0) is 56.2 Å². The Morgan fingerprint density at radius 3 is 2.52 bits per heavy atom. The molecule has 2 aromatic carbocycles. The molecular weight excluding hydrogens is 310 g/mol. The Morgan fingerprint density at radius 1 is 1.04 bits per heavy atom. The number of fused-ring (bicyclic) bond motifs is 1. The molecule has 5 nitrogen and oxygen atoms in total. The van der Waals surface area contributed by atoms with Crippen LogP contribution >= 0.6 is 0 Å². The first-order valence-corrected chi connectivity index (χ1v) is 8.79. The standard InChI is InChI=1S/C17H19N3O2S/c1-11-5-6-12(2)17(9-11)23(21,22)19-14-7-8-16-15(10-14)18-13(3)20(16)4/h5-10,19H,1-4H3. The number of hydrogen-bond acceptors (Lipinski definition) is 3. The maximum absolute atomic E-state index is 12.6. The van der Waals surface area contributed by atoms with Crippen molar-refractivity contribution in [3.63, 3.8) is 0 Å². The lowest BCUT2D eigenvalue weighted by Crippen LogP contribution is -2.14. The van der Waals surface area contributed by atoms with Crippen molar-refractivity contribution in [3.8, 4) is 0 Å². The Labute approximate surface area is 136 Å². The lowest BCUT2D eigenvalue weighted by Gasteiger charge is -2.11. The van der Waals surface area contributed by atoms with Crippen molar-refractivity contribution >= 4 is 26.7 Å². The van der Waals surface area contributed by atoms with Crippen LogP contribution in [0.5, 0.6) is 0 Å². The van der Waals surface area contributed by atoms with E-state index in [2.05, 4.69) is 9.71 Å². The fourth-order valence-corrected chi connectivity index (χ4v) is 3.97. The van der Waals surface area contributed by atoms with Gasteiger partial charge in [0.2, 0.25) is 0 Å². The van der Waals surface area contributed by atoms with E-state index in [0.717, 1.165) is 28.0 Å². The molecule has 3 aromatic rings. The molecule has 0 saturated carbocycles. The van der Waals surface area contributed by atoms with Crippen LogP contribution in [0.15, 0.2) is 41.3 Å². The number of imidazole rings is 1. The zero-order chi connectivity index (χ0) is 16.8. The highest BCUT2D eigenvalue weighted by molar-refractivity contribution is 7.92. The SMILES string of the molecule is Cc1ccc(C)c(S(=O)(=O)Nc2ccc3c(c2)nc(C)n3C)c1. The van der Waals surface area contributed by atoms with Gasteiger partial charge in [-0.3, -0.25) is 4.72 Å². The highest BCUT2D eigenvalue weighted by atomic mass is 32.2. The summed E-state index contributed by atoms with van der Waals surface area (Å²) in [5, 5.41) is 0. The minimum Gasteiger partial charge on any atom is -0.331 e. The van der Waals surface area contributed by atoms with E-state index in [1.54, 1.807) is 25.1 Å². The topological polar surface area (TPSA) is 64.0 Å². The average Bonchev–Trinajstić information content (AvgIpc) is 2.75. The van der Waals surface area contributed by atoms with Crippen molar-refractivity contribution in [3.05, 3.63) is 53.3 Å². The van der Waals surface area contributed by atoms with Crippen LogP contribution in [0.25, 0.3) is 11.0 Å². The number of nitrogens with one attached hydrogen (secondary N) is 1. The number of benzene rings is 2. The first-order valence-electron chi connectivity index (χ1n) is 7.31. The van der Waals surface area contributed by atoms with E-state index in [-0.39, 0.29) is 0 Å². The molecule has 0 unspecified atom stereocenters. The second-order valence-electron chi connectivity index (χ2n) is 5.80. The van der Waals surface area contributed by atoms with E-state index in [9.17, 15) is 8.42 Å². The minimum absolute atomic E-state index is 0.301. The molecule has 3 rings (SSSR count). The summed E-state index contributed by atoms with van der Waals surface area (Å²) in [7, 11) is -1.69. The fourth-order valence-electron chi connectivity index (χ4n) is 2.59. The lowest BCUT2D eigenvalue weighted by atomic mass is 10.2. The van der Waals surface area contributed by atoms with E-state index in [1.807, 2.05) is 43.7 Å². The van der Waals surface area contributed by atoms with Crippen LogP contribution in [-0.4, -0.2) is 18.0 Å². The van der Waals surface area contributed by atoms with E-state index in [0.29, 0.717) is 10.6 Å². The Balaban J connectivity index is 2.02. The maximum Gasteiger partial charge on any atom is 0.262 e. The van der Waals surface area contributed by atoms with Gasteiger partial charge >= 0.3 is 0 Å². The van der Waals surface area contributed by atoms with Gasteiger partial charge < -0.3 is 4.57 Å².